The monoisotopic (exact) mass is 268 g/mol. The molecule has 0 spiro atoms. The summed E-state index contributed by atoms with van der Waals surface area (Å²) in [7, 11) is -2.30. The van der Waals surface area contributed by atoms with Crippen molar-refractivity contribution in [2.75, 3.05) is 7.05 Å². The van der Waals surface area contributed by atoms with Crippen LogP contribution in [0.1, 0.15) is 0 Å². The van der Waals surface area contributed by atoms with Gasteiger partial charge in [0.1, 0.15) is 4.91 Å². The van der Waals surface area contributed by atoms with E-state index in [1.807, 2.05) is 0 Å². The van der Waals surface area contributed by atoms with Gasteiger partial charge in [0.15, 0.2) is 6.23 Å². The van der Waals surface area contributed by atoms with Gasteiger partial charge < -0.3 is 10.0 Å². The van der Waals surface area contributed by atoms with Crippen LogP contribution in [0, 0.1) is 0 Å². The Morgan fingerprint density at radius 3 is 2.69 bits per heavy atom. The molecule has 0 aromatic heterocycles. The molecule has 0 aromatic carbocycles. The average molecular weight is 269 g/mol. The van der Waals surface area contributed by atoms with Crippen LogP contribution in [0.5, 0.6) is 0 Å². The first-order valence-corrected chi connectivity index (χ1v) is 5.68. The lowest BCUT2D eigenvalue weighted by molar-refractivity contribution is 0.0924. The second-order valence-corrected chi connectivity index (χ2v) is 5.12. The Kier molecular flexibility index (Phi) is 2.81. The average Bonchev–Trinajstić information content (AvgIpc) is 1.94. The van der Waals surface area contributed by atoms with Gasteiger partial charge >= 0.3 is 0 Å². The molecule has 0 amide bonds. The van der Waals surface area contributed by atoms with E-state index in [-0.39, 0.29) is 4.91 Å². The van der Waals surface area contributed by atoms with Gasteiger partial charge in [-0.3, -0.25) is 0 Å². The molecular weight excluding hydrogens is 260 g/mol. The number of nitrogens with zero attached hydrogens (tertiary/aromatic N) is 1. The third-order valence-corrected chi connectivity index (χ3v) is 3.00. The first kappa shape index (κ1) is 10.7. The molecule has 74 valence electrons. The van der Waals surface area contributed by atoms with E-state index in [0.717, 1.165) is 0 Å². The van der Waals surface area contributed by atoms with Crippen LogP contribution in [0.15, 0.2) is 21.7 Å². The van der Waals surface area contributed by atoms with Crippen molar-refractivity contribution in [3.63, 3.8) is 0 Å². The van der Waals surface area contributed by atoms with Crippen LogP contribution in [-0.4, -0.2) is 31.7 Å². The smallest absolute Gasteiger partial charge is 0.238 e. The Morgan fingerprint density at radius 2 is 2.23 bits per heavy atom. The quantitative estimate of drug-likeness (QED) is 0.682. The van der Waals surface area contributed by atoms with Crippen LogP contribution in [0.25, 0.3) is 0 Å². The molecule has 0 fully saturated rings. The first-order chi connectivity index (χ1) is 5.82. The number of hydrogen-bond donors (Lipinski definition) is 2. The lowest BCUT2D eigenvalue weighted by Crippen LogP contribution is -2.36. The maximum atomic E-state index is 11.0. The topological polar surface area (TPSA) is 83.6 Å². The highest BCUT2D eigenvalue weighted by Gasteiger charge is 2.26. The maximum absolute atomic E-state index is 11.0. The number of likely N-dealkylation sites (N-methyl/N-ethyl adjacent to an activating group) is 1. The molecule has 3 N–H and O–H groups in total. The van der Waals surface area contributed by atoms with Crippen molar-refractivity contribution in [2.24, 2.45) is 5.14 Å². The van der Waals surface area contributed by atoms with Crippen LogP contribution in [0.3, 0.4) is 0 Å². The molecule has 0 saturated heterocycles. The van der Waals surface area contributed by atoms with Gasteiger partial charge in [-0.2, -0.15) is 0 Å². The van der Waals surface area contributed by atoms with Crippen LogP contribution in [0.4, 0.5) is 0 Å². The van der Waals surface area contributed by atoms with Gasteiger partial charge in [0.25, 0.3) is 0 Å². The summed E-state index contributed by atoms with van der Waals surface area (Å²) in [6.45, 7) is 0. The molecule has 1 aliphatic heterocycles. The zero-order chi connectivity index (χ0) is 10.2. The Bertz CT molecular complexity index is 373. The summed E-state index contributed by atoms with van der Waals surface area (Å²) in [5.41, 5.74) is 0. The number of nitrogens with two attached hydrogens (primary N) is 1. The van der Waals surface area contributed by atoms with Gasteiger partial charge in [0.2, 0.25) is 10.0 Å². The largest absolute Gasteiger partial charge is 0.369 e. The van der Waals surface area contributed by atoms with E-state index < -0.39 is 16.3 Å². The number of halogens is 1. The fourth-order valence-corrected chi connectivity index (χ4v) is 2.42. The summed E-state index contributed by atoms with van der Waals surface area (Å²) < 4.78 is 22.5. The normalized spacial score (nSPS) is 24.0. The molecule has 0 aromatic rings. The SMILES string of the molecule is CN1C=C(Br)C=C(S(N)(=O)=O)C1O. The number of hydrogen-bond acceptors (Lipinski definition) is 4. The van der Waals surface area contributed by atoms with Gasteiger partial charge in [0.05, 0.1) is 0 Å². The van der Waals surface area contributed by atoms with Crippen molar-refractivity contribution in [1.29, 1.82) is 0 Å². The molecule has 13 heavy (non-hydrogen) atoms. The van der Waals surface area contributed by atoms with Crippen LogP contribution in [0.2, 0.25) is 0 Å². The molecule has 0 aliphatic carbocycles. The number of sulfonamides is 1. The summed E-state index contributed by atoms with van der Waals surface area (Å²) in [6, 6.07) is 0. The predicted octanol–water partition coefficient (Wildman–Crippen LogP) is -0.341. The van der Waals surface area contributed by atoms with E-state index in [1.165, 1.54) is 11.0 Å². The minimum Gasteiger partial charge on any atom is -0.369 e. The standard InChI is InChI=1S/C6H9BrN2O3S/c1-9-3-4(7)2-5(6(9)10)13(8,11)12/h2-3,6,10H,1H3,(H2,8,11,12). The summed E-state index contributed by atoms with van der Waals surface area (Å²) in [5, 5.41) is 14.3. The highest BCUT2D eigenvalue weighted by atomic mass is 79.9. The predicted molar refractivity (Wildman–Crippen MR) is 52.0 cm³/mol. The third kappa shape index (κ3) is 2.31. The second kappa shape index (κ2) is 3.41. The van der Waals surface area contributed by atoms with E-state index in [9.17, 15) is 13.5 Å². The van der Waals surface area contributed by atoms with Crippen LogP contribution >= 0.6 is 15.9 Å². The number of aliphatic hydroxyl groups excluding tert-OH is 1. The van der Waals surface area contributed by atoms with E-state index >= 15 is 0 Å². The van der Waals surface area contributed by atoms with Crippen molar-refractivity contribution >= 4 is 26.0 Å². The highest BCUT2D eigenvalue weighted by Crippen LogP contribution is 2.23. The maximum Gasteiger partial charge on any atom is 0.238 e. The molecular formula is C6H9BrN2O3S. The van der Waals surface area contributed by atoms with Gasteiger partial charge in [-0.25, -0.2) is 13.6 Å². The Hall–Kier alpha value is -0.370. The van der Waals surface area contributed by atoms with E-state index in [0.29, 0.717) is 4.48 Å². The minimum atomic E-state index is -3.84. The van der Waals surface area contributed by atoms with E-state index in [1.54, 1.807) is 13.2 Å². The molecule has 1 heterocycles. The van der Waals surface area contributed by atoms with Crippen LogP contribution in [-0.2, 0) is 10.0 Å². The molecule has 0 radical (unpaired) electrons. The zero-order valence-corrected chi connectivity index (χ0v) is 9.21. The lowest BCUT2D eigenvalue weighted by atomic mass is 10.3. The molecule has 1 atom stereocenters. The zero-order valence-electron chi connectivity index (χ0n) is 6.81. The number of allylic oxidation sites excluding steroid dienone is 2. The summed E-state index contributed by atoms with van der Waals surface area (Å²) in [6.07, 6.45) is 1.62. The summed E-state index contributed by atoms with van der Waals surface area (Å²) in [5.74, 6) is 0. The van der Waals surface area contributed by atoms with Crippen molar-refractivity contribution in [3.8, 4) is 0 Å². The summed E-state index contributed by atoms with van der Waals surface area (Å²) >= 11 is 3.10. The van der Waals surface area contributed by atoms with Crippen LogP contribution < -0.4 is 5.14 Å². The number of rotatable bonds is 1. The molecule has 0 bridgehead atoms. The number of primary sulfonamides is 1. The van der Waals surface area contributed by atoms with Crippen molar-refractivity contribution in [2.45, 2.75) is 6.23 Å². The van der Waals surface area contributed by atoms with Gasteiger partial charge in [-0.05, 0) is 22.0 Å². The van der Waals surface area contributed by atoms with E-state index in [4.69, 9.17) is 5.14 Å². The van der Waals surface area contributed by atoms with Gasteiger partial charge in [-0.15, -0.1) is 0 Å². The van der Waals surface area contributed by atoms with Crippen molar-refractivity contribution in [3.05, 3.63) is 21.7 Å². The Labute approximate surface area is 84.7 Å². The first-order valence-electron chi connectivity index (χ1n) is 3.34. The second-order valence-electron chi connectivity index (χ2n) is 2.64. The Balaban J connectivity index is 3.17. The lowest BCUT2D eigenvalue weighted by Gasteiger charge is -2.26. The molecule has 1 rings (SSSR count). The highest BCUT2D eigenvalue weighted by molar-refractivity contribution is 9.11. The molecule has 0 saturated carbocycles. The molecule has 1 unspecified atom stereocenters. The third-order valence-electron chi connectivity index (χ3n) is 1.58. The molecule has 7 heteroatoms. The van der Waals surface area contributed by atoms with Crippen molar-refractivity contribution in [1.82, 2.24) is 4.90 Å². The van der Waals surface area contributed by atoms with Gasteiger partial charge in [0, 0.05) is 17.7 Å². The molecule has 1 aliphatic rings. The fraction of sp³-hybridized carbons (Fsp3) is 0.333. The van der Waals surface area contributed by atoms with Gasteiger partial charge in [-0.1, -0.05) is 0 Å². The molecule has 5 nitrogen and oxygen atoms in total. The Morgan fingerprint density at radius 1 is 1.69 bits per heavy atom. The van der Waals surface area contributed by atoms with E-state index in [2.05, 4.69) is 15.9 Å². The fourth-order valence-electron chi connectivity index (χ4n) is 0.943. The minimum absolute atomic E-state index is 0.218. The number of aliphatic hydroxyl groups is 1. The summed E-state index contributed by atoms with van der Waals surface area (Å²) in [4.78, 5) is 1.12. The van der Waals surface area contributed by atoms with Crippen molar-refractivity contribution < 1.29 is 13.5 Å².